The Morgan fingerprint density at radius 3 is 2.77 bits per heavy atom. The molecule has 0 saturated carbocycles. The van der Waals surface area contributed by atoms with Gasteiger partial charge in [-0.2, -0.15) is 0 Å². The highest BCUT2D eigenvalue weighted by Crippen LogP contribution is 2.49. The van der Waals surface area contributed by atoms with Crippen molar-refractivity contribution in [2.24, 2.45) is 0 Å². The molecular weight excluding hydrogens is 464 g/mol. The highest BCUT2D eigenvalue weighted by Gasteiger charge is 2.43. The first kappa shape index (κ1) is 19.3. The van der Waals surface area contributed by atoms with E-state index in [9.17, 15) is 9.59 Å². The second kappa shape index (κ2) is 7.64. The maximum atomic E-state index is 12.8. The quantitative estimate of drug-likeness (QED) is 0.483. The van der Waals surface area contributed by atoms with Crippen LogP contribution in [0.3, 0.4) is 0 Å². The summed E-state index contributed by atoms with van der Waals surface area (Å²) in [7, 11) is 0. The van der Waals surface area contributed by atoms with Gasteiger partial charge in [-0.15, -0.1) is 0 Å². The third-order valence-electron chi connectivity index (χ3n) is 4.64. The van der Waals surface area contributed by atoms with Crippen LogP contribution in [-0.4, -0.2) is 26.5 Å². The van der Waals surface area contributed by atoms with Crippen LogP contribution in [-0.2, 0) is 11.2 Å². The average Bonchev–Trinajstić information content (AvgIpc) is 2.61. The third kappa shape index (κ3) is 3.51. The molecule has 0 saturated heterocycles. The highest BCUT2D eigenvalue weighted by molar-refractivity contribution is 9.12. The zero-order valence-electron chi connectivity index (χ0n) is 14.6. The van der Waals surface area contributed by atoms with Gasteiger partial charge in [0.1, 0.15) is 11.4 Å². The monoisotopic (exact) mass is 482 g/mol. The van der Waals surface area contributed by atoms with E-state index in [1.54, 1.807) is 11.5 Å². The van der Waals surface area contributed by atoms with Crippen LogP contribution in [0.4, 0.5) is 0 Å². The van der Waals surface area contributed by atoms with Crippen molar-refractivity contribution in [3.05, 3.63) is 63.8 Å². The molecule has 0 aliphatic carbocycles. The van der Waals surface area contributed by atoms with Crippen molar-refractivity contribution in [2.45, 2.75) is 41.9 Å². The molecule has 2 aromatic rings. The molecule has 0 bridgehead atoms. The molecule has 26 heavy (non-hydrogen) atoms. The van der Waals surface area contributed by atoms with Crippen molar-refractivity contribution in [2.75, 3.05) is 6.61 Å². The van der Waals surface area contributed by atoms with Crippen LogP contribution < -0.4 is 5.56 Å². The first-order valence-electron chi connectivity index (χ1n) is 8.53. The first-order valence-corrected chi connectivity index (χ1v) is 10.2. The molecule has 138 valence electrons. The molecule has 0 amide bonds. The Balaban J connectivity index is 1.97. The van der Waals surface area contributed by atoms with Crippen LogP contribution in [0.25, 0.3) is 0 Å². The molecule has 1 aromatic heterocycles. The number of aromatic nitrogens is 2. The number of alkyl halides is 2. The average molecular weight is 484 g/mol. The summed E-state index contributed by atoms with van der Waals surface area (Å²) >= 11 is 7.73. The van der Waals surface area contributed by atoms with E-state index in [1.807, 2.05) is 25.1 Å². The second-order valence-corrected chi connectivity index (χ2v) is 9.02. The summed E-state index contributed by atoms with van der Waals surface area (Å²) in [5, 5.41) is 0. The van der Waals surface area contributed by atoms with Gasteiger partial charge >= 0.3 is 5.97 Å². The molecular formula is C19H20Br2N2O3. The van der Waals surface area contributed by atoms with Gasteiger partial charge in [-0.3, -0.25) is 9.36 Å². The number of rotatable bonds is 4. The van der Waals surface area contributed by atoms with E-state index >= 15 is 0 Å². The van der Waals surface area contributed by atoms with E-state index in [1.165, 1.54) is 6.20 Å². The van der Waals surface area contributed by atoms with E-state index in [0.29, 0.717) is 12.2 Å². The molecule has 0 spiro atoms. The van der Waals surface area contributed by atoms with Crippen LogP contribution in [0, 0.1) is 0 Å². The number of hydrogen-bond donors (Lipinski definition) is 0. The lowest BCUT2D eigenvalue weighted by atomic mass is 9.86. The SMILES string of the molecule is CCOC(=O)c1cnc2n(c1=O)C(C)C[C@](Br)([C@@H](Br)c1ccccc1)C2. The molecule has 1 aliphatic rings. The van der Waals surface area contributed by atoms with Gasteiger partial charge in [0.15, 0.2) is 0 Å². The van der Waals surface area contributed by atoms with Gasteiger partial charge in [-0.1, -0.05) is 62.2 Å². The van der Waals surface area contributed by atoms with Crippen LogP contribution in [0.1, 0.15) is 52.9 Å². The summed E-state index contributed by atoms with van der Waals surface area (Å²) in [4.78, 5) is 29.3. The predicted octanol–water partition coefficient (Wildman–Crippen LogP) is 4.20. The van der Waals surface area contributed by atoms with Crippen molar-refractivity contribution < 1.29 is 9.53 Å². The number of fused-ring (bicyclic) bond motifs is 1. The summed E-state index contributed by atoms with van der Waals surface area (Å²) in [6, 6.07) is 10.1. The normalized spacial score (nSPS) is 23.2. The van der Waals surface area contributed by atoms with Crippen LogP contribution in [0.2, 0.25) is 0 Å². The molecule has 0 radical (unpaired) electrons. The number of benzene rings is 1. The Morgan fingerprint density at radius 1 is 1.42 bits per heavy atom. The molecule has 0 N–H and O–H groups in total. The zero-order valence-corrected chi connectivity index (χ0v) is 17.8. The summed E-state index contributed by atoms with van der Waals surface area (Å²) in [6.45, 7) is 3.91. The Kier molecular flexibility index (Phi) is 5.67. The number of esters is 1. The molecule has 5 nitrogen and oxygen atoms in total. The van der Waals surface area contributed by atoms with Crippen molar-refractivity contribution in [3.8, 4) is 0 Å². The van der Waals surface area contributed by atoms with Crippen molar-refractivity contribution in [3.63, 3.8) is 0 Å². The summed E-state index contributed by atoms with van der Waals surface area (Å²) in [6.07, 6.45) is 2.63. The third-order valence-corrected chi connectivity index (χ3v) is 7.72. The number of carbonyl (C=O) groups excluding carboxylic acids is 1. The highest BCUT2D eigenvalue weighted by atomic mass is 79.9. The minimum absolute atomic E-state index is 0.0111. The molecule has 3 rings (SSSR count). The van der Waals surface area contributed by atoms with Gasteiger partial charge in [-0.05, 0) is 25.8 Å². The number of hydrogen-bond acceptors (Lipinski definition) is 4. The van der Waals surface area contributed by atoms with Crippen molar-refractivity contribution in [1.29, 1.82) is 0 Å². The fourth-order valence-corrected chi connectivity index (χ4v) is 5.11. The fourth-order valence-electron chi connectivity index (χ4n) is 3.47. The minimum Gasteiger partial charge on any atom is -0.462 e. The number of ether oxygens (including phenoxy) is 1. The first-order chi connectivity index (χ1) is 12.4. The van der Waals surface area contributed by atoms with Crippen LogP contribution >= 0.6 is 31.9 Å². The lowest BCUT2D eigenvalue weighted by Gasteiger charge is -2.40. The van der Waals surface area contributed by atoms with E-state index in [2.05, 4.69) is 49.0 Å². The van der Waals surface area contributed by atoms with E-state index in [4.69, 9.17) is 4.74 Å². The Morgan fingerprint density at radius 2 is 2.12 bits per heavy atom. The molecule has 0 fully saturated rings. The minimum atomic E-state index is -0.620. The van der Waals surface area contributed by atoms with Gasteiger partial charge in [-0.25, -0.2) is 9.78 Å². The van der Waals surface area contributed by atoms with E-state index < -0.39 is 5.97 Å². The van der Waals surface area contributed by atoms with Crippen molar-refractivity contribution in [1.82, 2.24) is 9.55 Å². The molecule has 1 aromatic carbocycles. The molecule has 3 atom stereocenters. The molecule has 2 heterocycles. The maximum absolute atomic E-state index is 12.8. The second-order valence-electron chi connectivity index (χ2n) is 6.52. The lowest BCUT2D eigenvalue weighted by Crippen LogP contribution is -2.44. The fraction of sp³-hybridized carbons (Fsp3) is 0.421. The molecule has 1 aliphatic heterocycles. The van der Waals surface area contributed by atoms with Gasteiger partial charge in [0, 0.05) is 18.7 Å². The van der Waals surface area contributed by atoms with Gasteiger partial charge < -0.3 is 4.74 Å². The van der Waals surface area contributed by atoms with Crippen molar-refractivity contribution >= 4 is 37.8 Å². The molecule has 7 heteroatoms. The number of halogens is 2. The van der Waals surface area contributed by atoms with Crippen LogP contribution in [0.15, 0.2) is 41.3 Å². The van der Waals surface area contributed by atoms with Gasteiger partial charge in [0.05, 0.1) is 15.8 Å². The number of carbonyl (C=O) groups is 1. The lowest BCUT2D eigenvalue weighted by molar-refractivity contribution is 0.0522. The summed E-state index contributed by atoms with van der Waals surface area (Å²) < 4.78 is 6.31. The summed E-state index contributed by atoms with van der Waals surface area (Å²) in [5.41, 5.74) is 0.819. The maximum Gasteiger partial charge on any atom is 0.345 e. The summed E-state index contributed by atoms with van der Waals surface area (Å²) in [5.74, 6) is 0.0462. The zero-order chi connectivity index (χ0) is 18.9. The Bertz CT molecular complexity index is 869. The van der Waals surface area contributed by atoms with Gasteiger partial charge in [0.25, 0.3) is 5.56 Å². The smallest absolute Gasteiger partial charge is 0.345 e. The Hall–Kier alpha value is -1.47. The Labute approximate surface area is 169 Å². The van der Waals surface area contributed by atoms with E-state index in [0.717, 1.165) is 12.0 Å². The predicted molar refractivity (Wildman–Crippen MR) is 107 cm³/mol. The largest absolute Gasteiger partial charge is 0.462 e. The topological polar surface area (TPSA) is 61.2 Å². The van der Waals surface area contributed by atoms with E-state index in [-0.39, 0.29) is 32.9 Å². The van der Waals surface area contributed by atoms with Gasteiger partial charge in [0.2, 0.25) is 0 Å². The standard InChI is InChI=1S/C19H20Br2N2O3/c1-3-26-18(25)14-11-22-15-10-19(21,9-12(2)23(15)17(14)24)16(20)13-7-5-4-6-8-13/h4-8,11-12,16H,3,9-10H2,1-2H3/t12?,16-,19+/m0/s1. The van der Waals surface area contributed by atoms with Crippen LogP contribution in [0.5, 0.6) is 0 Å². The number of nitrogens with zero attached hydrogens (tertiary/aromatic N) is 2. The molecule has 1 unspecified atom stereocenters.